The minimum absolute atomic E-state index is 0.768. The molecule has 1 N–H and O–H groups in total. The van der Waals surface area contributed by atoms with E-state index in [-0.39, 0.29) is 0 Å². The van der Waals surface area contributed by atoms with E-state index in [9.17, 15) is 0 Å². The van der Waals surface area contributed by atoms with Crippen molar-refractivity contribution in [3.63, 3.8) is 0 Å². The first-order chi connectivity index (χ1) is 10.8. The van der Waals surface area contributed by atoms with Gasteiger partial charge in [0.05, 0.1) is 6.20 Å². The summed E-state index contributed by atoms with van der Waals surface area (Å²) in [6.45, 7) is 4.06. The maximum absolute atomic E-state index is 4.52. The molecule has 0 bridgehead atoms. The molecule has 3 aromatic rings. The Balaban J connectivity index is 0.000000202. The number of hydrogen-bond acceptors (Lipinski definition) is 6. The molecule has 0 aromatic carbocycles. The van der Waals surface area contributed by atoms with Gasteiger partial charge in [-0.1, -0.05) is 0 Å². The van der Waals surface area contributed by atoms with Crippen molar-refractivity contribution in [2.45, 2.75) is 26.2 Å². The third-order valence-electron chi connectivity index (χ3n) is 3.48. The summed E-state index contributed by atoms with van der Waals surface area (Å²) in [6, 6.07) is 1.78. The van der Waals surface area contributed by atoms with Crippen LogP contribution in [0.2, 0.25) is 0 Å². The summed E-state index contributed by atoms with van der Waals surface area (Å²) >= 11 is 0. The fourth-order valence-corrected chi connectivity index (χ4v) is 2.39. The lowest BCUT2D eigenvalue weighted by Crippen LogP contribution is -2.30. The SMILES string of the molecule is Cc1ncc2[nH]c(N3CCCCC3)nc2n1.c1cncnc1. The van der Waals surface area contributed by atoms with Crippen molar-refractivity contribution < 1.29 is 0 Å². The molecule has 1 fully saturated rings. The molecule has 0 saturated carbocycles. The second-order valence-electron chi connectivity index (χ2n) is 5.17. The molecule has 0 aliphatic carbocycles. The van der Waals surface area contributed by atoms with Gasteiger partial charge in [0.15, 0.2) is 5.65 Å². The molecule has 0 unspecified atom stereocenters. The molecule has 4 heterocycles. The topological polar surface area (TPSA) is 83.5 Å². The van der Waals surface area contributed by atoms with Gasteiger partial charge in [0.1, 0.15) is 17.7 Å². The highest BCUT2D eigenvalue weighted by atomic mass is 15.3. The number of H-pyrrole nitrogens is 1. The number of aromatic amines is 1. The van der Waals surface area contributed by atoms with Crippen LogP contribution < -0.4 is 4.90 Å². The molecule has 1 saturated heterocycles. The molecular formula is C15H19N7. The number of aromatic nitrogens is 6. The van der Waals surface area contributed by atoms with Gasteiger partial charge < -0.3 is 9.88 Å². The number of nitrogens with one attached hydrogen (secondary N) is 1. The van der Waals surface area contributed by atoms with Crippen molar-refractivity contribution in [1.82, 2.24) is 29.9 Å². The summed E-state index contributed by atoms with van der Waals surface area (Å²) in [5, 5.41) is 0. The molecule has 7 heteroatoms. The first kappa shape index (κ1) is 14.4. The van der Waals surface area contributed by atoms with Gasteiger partial charge >= 0.3 is 0 Å². The number of rotatable bonds is 1. The van der Waals surface area contributed by atoms with Crippen LogP contribution in [0, 0.1) is 6.92 Å². The van der Waals surface area contributed by atoms with Gasteiger partial charge in [-0.15, -0.1) is 0 Å². The van der Waals surface area contributed by atoms with Crippen LogP contribution in [0.25, 0.3) is 11.2 Å². The average molecular weight is 297 g/mol. The molecule has 114 valence electrons. The van der Waals surface area contributed by atoms with Crippen LogP contribution in [0.5, 0.6) is 0 Å². The summed E-state index contributed by atoms with van der Waals surface area (Å²) in [5.74, 6) is 1.71. The summed E-state index contributed by atoms with van der Waals surface area (Å²) in [7, 11) is 0. The maximum atomic E-state index is 4.52. The van der Waals surface area contributed by atoms with Crippen molar-refractivity contribution in [3.8, 4) is 0 Å². The van der Waals surface area contributed by atoms with E-state index in [1.54, 1.807) is 24.7 Å². The van der Waals surface area contributed by atoms with Crippen molar-refractivity contribution in [2.24, 2.45) is 0 Å². The van der Waals surface area contributed by atoms with Crippen molar-refractivity contribution in [3.05, 3.63) is 36.8 Å². The molecular weight excluding hydrogens is 278 g/mol. The summed E-state index contributed by atoms with van der Waals surface area (Å²) in [6.07, 6.45) is 10.5. The molecule has 0 spiro atoms. The third kappa shape index (κ3) is 3.55. The minimum atomic E-state index is 0.768. The van der Waals surface area contributed by atoms with E-state index in [2.05, 4.69) is 34.8 Å². The number of fused-ring (bicyclic) bond motifs is 1. The Hall–Kier alpha value is -2.57. The Bertz CT molecular complexity index is 678. The van der Waals surface area contributed by atoms with Crippen LogP contribution in [0.3, 0.4) is 0 Å². The molecule has 0 radical (unpaired) electrons. The Kier molecular flexibility index (Phi) is 4.53. The number of hydrogen-bond donors (Lipinski definition) is 1. The first-order valence-electron chi connectivity index (χ1n) is 7.47. The summed E-state index contributed by atoms with van der Waals surface area (Å²) in [5.41, 5.74) is 1.69. The predicted molar refractivity (Wildman–Crippen MR) is 84.5 cm³/mol. The van der Waals surface area contributed by atoms with Gasteiger partial charge in [-0.05, 0) is 32.3 Å². The average Bonchev–Trinajstić information content (AvgIpc) is 3.01. The standard InChI is InChI=1S/C11H15N5.C4H4N2/c1-8-12-7-9-10(13-8)15-11(14-9)16-5-3-2-4-6-16;1-2-5-4-6-3-1/h7H,2-6H2,1H3,(H,12,13,14,15);1-4H. The molecule has 7 nitrogen and oxygen atoms in total. The lowest BCUT2D eigenvalue weighted by molar-refractivity contribution is 0.570. The van der Waals surface area contributed by atoms with Gasteiger partial charge in [-0.3, -0.25) is 0 Å². The van der Waals surface area contributed by atoms with Crippen molar-refractivity contribution in [1.29, 1.82) is 0 Å². The number of anilines is 1. The van der Waals surface area contributed by atoms with E-state index in [1.807, 2.05) is 6.92 Å². The lowest BCUT2D eigenvalue weighted by atomic mass is 10.1. The van der Waals surface area contributed by atoms with Crippen LogP contribution in [0.1, 0.15) is 25.1 Å². The monoisotopic (exact) mass is 297 g/mol. The van der Waals surface area contributed by atoms with Gasteiger partial charge in [0.2, 0.25) is 5.95 Å². The molecule has 22 heavy (non-hydrogen) atoms. The van der Waals surface area contributed by atoms with Crippen LogP contribution in [-0.4, -0.2) is 43.0 Å². The van der Waals surface area contributed by atoms with Crippen molar-refractivity contribution >= 4 is 17.1 Å². The van der Waals surface area contributed by atoms with Gasteiger partial charge in [-0.25, -0.2) is 19.9 Å². The van der Waals surface area contributed by atoms with E-state index in [1.165, 1.54) is 25.6 Å². The fraction of sp³-hybridized carbons (Fsp3) is 0.400. The maximum Gasteiger partial charge on any atom is 0.205 e. The molecule has 0 atom stereocenters. The van der Waals surface area contributed by atoms with Crippen molar-refractivity contribution in [2.75, 3.05) is 18.0 Å². The zero-order valence-corrected chi connectivity index (χ0v) is 12.6. The molecule has 1 aliphatic rings. The molecule has 4 rings (SSSR count). The van der Waals surface area contributed by atoms with Crippen LogP contribution in [0.15, 0.2) is 31.0 Å². The zero-order chi connectivity index (χ0) is 15.2. The lowest BCUT2D eigenvalue weighted by Gasteiger charge is -2.25. The summed E-state index contributed by atoms with van der Waals surface area (Å²) < 4.78 is 0. The largest absolute Gasteiger partial charge is 0.342 e. The van der Waals surface area contributed by atoms with Crippen LogP contribution in [-0.2, 0) is 0 Å². The highest BCUT2D eigenvalue weighted by Crippen LogP contribution is 2.19. The third-order valence-corrected chi connectivity index (χ3v) is 3.48. The Morgan fingerprint density at radius 3 is 2.45 bits per heavy atom. The molecule has 1 aliphatic heterocycles. The highest BCUT2D eigenvalue weighted by Gasteiger charge is 2.14. The minimum Gasteiger partial charge on any atom is -0.342 e. The fourth-order valence-electron chi connectivity index (χ4n) is 2.39. The van der Waals surface area contributed by atoms with Gasteiger partial charge in [-0.2, -0.15) is 4.98 Å². The Morgan fingerprint density at radius 2 is 1.82 bits per heavy atom. The molecule has 3 aromatic heterocycles. The second kappa shape index (κ2) is 6.93. The van der Waals surface area contributed by atoms with E-state index in [0.29, 0.717) is 0 Å². The number of imidazole rings is 1. The van der Waals surface area contributed by atoms with E-state index in [0.717, 1.165) is 36.0 Å². The van der Waals surface area contributed by atoms with Crippen LogP contribution >= 0.6 is 0 Å². The van der Waals surface area contributed by atoms with Gasteiger partial charge in [0.25, 0.3) is 0 Å². The number of nitrogens with zero attached hydrogens (tertiary/aromatic N) is 6. The quantitative estimate of drug-likeness (QED) is 0.741. The van der Waals surface area contributed by atoms with E-state index >= 15 is 0 Å². The second-order valence-corrected chi connectivity index (χ2v) is 5.17. The van der Waals surface area contributed by atoms with Crippen LogP contribution in [0.4, 0.5) is 5.95 Å². The first-order valence-corrected chi connectivity index (χ1v) is 7.47. The zero-order valence-electron chi connectivity index (χ0n) is 12.6. The summed E-state index contributed by atoms with van der Waals surface area (Å²) in [4.78, 5) is 25.9. The van der Waals surface area contributed by atoms with E-state index in [4.69, 9.17) is 0 Å². The molecule has 0 amide bonds. The normalized spacial score (nSPS) is 14.5. The van der Waals surface area contributed by atoms with E-state index < -0.39 is 0 Å². The predicted octanol–water partition coefficient (Wildman–Crippen LogP) is 2.13. The smallest absolute Gasteiger partial charge is 0.205 e. The van der Waals surface area contributed by atoms with Gasteiger partial charge in [0, 0.05) is 25.5 Å². The Labute approximate surface area is 128 Å². The highest BCUT2D eigenvalue weighted by molar-refractivity contribution is 5.72. The Morgan fingerprint density at radius 1 is 1.05 bits per heavy atom. The number of aryl methyl sites for hydroxylation is 1. The number of piperidine rings is 1.